The molecule has 0 amide bonds. The summed E-state index contributed by atoms with van der Waals surface area (Å²) >= 11 is 0. The van der Waals surface area contributed by atoms with Gasteiger partial charge in [0.25, 0.3) is 5.69 Å². The zero-order valence-electron chi connectivity index (χ0n) is 11.3. The van der Waals surface area contributed by atoms with Crippen LogP contribution in [0.4, 0.5) is 5.69 Å². The third-order valence-electron chi connectivity index (χ3n) is 3.81. The van der Waals surface area contributed by atoms with Gasteiger partial charge in [-0.15, -0.1) is 0 Å². The maximum absolute atomic E-state index is 11.5. The third-order valence-corrected chi connectivity index (χ3v) is 5.60. The SMILES string of the molecule is CNC(Cc1ccc([N+](=O)[O-])cc1)C1CCS(=O)(=O)C1. The van der Waals surface area contributed by atoms with Crippen LogP contribution in [0.3, 0.4) is 0 Å². The molecule has 2 unspecified atom stereocenters. The fourth-order valence-corrected chi connectivity index (χ4v) is 4.53. The second-order valence-electron chi connectivity index (χ2n) is 5.19. The number of non-ortho nitro benzene ring substituents is 1. The molecule has 7 heteroatoms. The van der Waals surface area contributed by atoms with Gasteiger partial charge in [-0.3, -0.25) is 10.1 Å². The number of benzene rings is 1. The van der Waals surface area contributed by atoms with Crippen LogP contribution in [0.2, 0.25) is 0 Å². The van der Waals surface area contributed by atoms with Crippen molar-refractivity contribution in [3.8, 4) is 0 Å². The van der Waals surface area contributed by atoms with Crippen LogP contribution in [0.15, 0.2) is 24.3 Å². The smallest absolute Gasteiger partial charge is 0.269 e. The highest BCUT2D eigenvalue weighted by atomic mass is 32.2. The summed E-state index contributed by atoms with van der Waals surface area (Å²) in [6.45, 7) is 0. The molecule has 1 aromatic carbocycles. The minimum Gasteiger partial charge on any atom is -0.316 e. The van der Waals surface area contributed by atoms with Gasteiger partial charge in [-0.2, -0.15) is 0 Å². The largest absolute Gasteiger partial charge is 0.316 e. The van der Waals surface area contributed by atoms with E-state index in [1.807, 2.05) is 7.05 Å². The normalized spacial score (nSPS) is 22.6. The summed E-state index contributed by atoms with van der Waals surface area (Å²) in [5, 5.41) is 13.8. The predicted octanol–water partition coefficient (Wildman–Crippen LogP) is 1.16. The molecule has 1 aliphatic rings. The number of hydrogen-bond donors (Lipinski definition) is 1. The molecular weight excluding hydrogens is 280 g/mol. The molecule has 110 valence electrons. The molecule has 2 atom stereocenters. The van der Waals surface area contributed by atoms with Gasteiger partial charge in [0.15, 0.2) is 9.84 Å². The van der Waals surface area contributed by atoms with Gasteiger partial charge in [-0.1, -0.05) is 12.1 Å². The number of nitro benzene ring substituents is 1. The highest BCUT2D eigenvalue weighted by molar-refractivity contribution is 7.91. The first-order chi connectivity index (χ1) is 9.41. The van der Waals surface area contributed by atoms with E-state index in [9.17, 15) is 18.5 Å². The van der Waals surface area contributed by atoms with Gasteiger partial charge in [-0.05, 0) is 31.4 Å². The molecule has 1 fully saturated rings. The van der Waals surface area contributed by atoms with E-state index in [-0.39, 0.29) is 29.2 Å². The molecule has 0 spiro atoms. The Bertz CT molecular complexity index is 583. The second-order valence-corrected chi connectivity index (χ2v) is 7.41. The first kappa shape index (κ1) is 14.9. The monoisotopic (exact) mass is 298 g/mol. The van der Waals surface area contributed by atoms with E-state index in [2.05, 4.69) is 5.32 Å². The summed E-state index contributed by atoms with van der Waals surface area (Å²) < 4.78 is 23.1. The fraction of sp³-hybridized carbons (Fsp3) is 0.538. The number of nitrogens with zero attached hydrogens (tertiary/aromatic N) is 1. The Labute approximate surface area is 118 Å². The van der Waals surface area contributed by atoms with Crippen molar-refractivity contribution >= 4 is 15.5 Å². The standard InChI is InChI=1S/C13H18N2O4S/c1-14-13(11-6-7-20(18,19)9-11)8-10-2-4-12(5-3-10)15(16)17/h2-5,11,13-14H,6-9H2,1H3. The number of nitro groups is 1. The van der Waals surface area contributed by atoms with Crippen LogP contribution in [0, 0.1) is 16.0 Å². The minimum atomic E-state index is -2.89. The summed E-state index contributed by atoms with van der Waals surface area (Å²) in [6.07, 6.45) is 1.36. The Hall–Kier alpha value is -1.47. The van der Waals surface area contributed by atoms with Crippen molar-refractivity contribution in [1.29, 1.82) is 0 Å². The first-order valence-corrected chi connectivity index (χ1v) is 8.34. The number of nitrogens with one attached hydrogen (secondary N) is 1. The molecule has 0 radical (unpaired) electrons. The van der Waals surface area contributed by atoms with Crippen molar-refractivity contribution in [2.24, 2.45) is 5.92 Å². The fourth-order valence-electron chi connectivity index (χ4n) is 2.65. The van der Waals surface area contributed by atoms with Crippen molar-refractivity contribution in [1.82, 2.24) is 5.32 Å². The highest BCUT2D eigenvalue weighted by Gasteiger charge is 2.32. The Morgan fingerprint density at radius 1 is 1.40 bits per heavy atom. The van der Waals surface area contributed by atoms with E-state index in [1.165, 1.54) is 12.1 Å². The molecule has 2 rings (SSSR count). The van der Waals surface area contributed by atoms with E-state index in [0.29, 0.717) is 12.8 Å². The molecule has 1 saturated heterocycles. The average Bonchev–Trinajstić information content (AvgIpc) is 2.76. The lowest BCUT2D eigenvalue weighted by atomic mass is 9.93. The van der Waals surface area contributed by atoms with Crippen LogP contribution in [0.1, 0.15) is 12.0 Å². The Balaban J connectivity index is 2.05. The van der Waals surface area contributed by atoms with Gasteiger partial charge in [0.05, 0.1) is 16.4 Å². The van der Waals surface area contributed by atoms with Crippen molar-refractivity contribution in [3.63, 3.8) is 0 Å². The summed E-state index contributed by atoms with van der Waals surface area (Å²) in [5.41, 5.74) is 1.04. The molecule has 1 heterocycles. The maximum Gasteiger partial charge on any atom is 0.269 e. The molecule has 0 aliphatic carbocycles. The Morgan fingerprint density at radius 3 is 2.50 bits per heavy atom. The van der Waals surface area contributed by atoms with Gasteiger partial charge >= 0.3 is 0 Å². The molecule has 1 aliphatic heterocycles. The minimum absolute atomic E-state index is 0.0678. The van der Waals surface area contributed by atoms with Gasteiger partial charge in [-0.25, -0.2) is 8.42 Å². The lowest BCUT2D eigenvalue weighted by Crippen LogP contribution is -2.36. The predicted molar refractivity (Wildman–Crippen MR) is 76.4 cm³/mol. The lowest BCUT2D eigenvalue weighted by molar-refractivity contribution is -0.384. The van der Waals surface area contributed by atoms with E-state index < -0.39 is 14.8 Å². The number of hydrogen-bond acceptors (Lipinski definition) is 5. The summed E-state index contributed by atoms with van der Waals surface area (Å²) in [4.78, 5) is 10.2. The summed E-state index contributed by atoms with van der Waals surface area (Å²) in [7, 11) is -1.07. The van der Waals surface area contributed by atoms with E-state index in [4.69, 9.17) is 0 Å². The van der Waals surface area contributed by atoms with Crippen LogP contribution in [-0.4, -0.2) is 37.9 Å². The van der Waals surface area contributed by atoms with Gasteiger partial charge < -0.3 is 5.32 Å². The van der Waals surface area contributed by atoms with E-state index in [1.54, 1.807) is 12.1 Å². The molecule has 1 aromatic rings. The van der Waals surface area contributed by atoms with Gasteiger partial charge in [0, 0.05) is 18.2 Å². The number of likely N-dealkylation sites (N-methyl/N-ethyl adjacent to an activating group) is 1. The summed E-state index contributed by atoms with van der Waals surface area (Å²) in [5.74, 6) is 0.599. The van der Waals surface area contributed by atoms with Crippen LogP contribution < -0.4 is 5.32 Å². The van der Waals surface area contributed by atoms with Crippen LogP contribution in [0.5, 0.6) is 0 Å². The van der Waals surface area contributed by atoms with E-state index in [0.717, 1.165) is 5.56 Å². The molecule has 6 nitrogen and oxygen atoms in total. The Morgan fingerprint density at radius 2 is 2.05 bits per heavy atom. The molecule has 1 N–H and O–H groups in total. The highest BCUT2D eigenvalue weighted by Crippen LogP contribution is 2.24. The molecular formula is C13H18N2O4S. The van der Waals surface area contributed by atoms with Crippen molar-refractivity contribution in [2.75, 3.05) is 18.6 Å². The van der Waals surface area contributed by atoms with Gasteiger partial charge in [0.1, 0.15) is 0 Å². The zero-order chi connectivity index (χ0) is 14.8. The molecule has 0 bridgehead atoms. The molecule has 0 saturated carbocycles. The number of rotatable bonds is 5. The van der Waals surface area contributed by atoms with Gasteiger partial charge in [0.2, 0.25) is 0 Å². The zero-order valence-corrected chi connectivity index (χ0v) is 12.1. The molecule has 20 heavy (non-hydrogen) atoms. The maximum atomic E-state index is 11.5. The Kier molecular flexibility index (Phi) is 4.39. The lowest BCUT2D eigenvalue weighted by Gasteiger charge is -2.22. The van der Waals surface area contributed by atoms with Crippen LogP contribution in [0.25, 0.3) is 0 Å². The van der Waals surface area contributed by atoms with Crippen molar-refractivity contribution in [2.45, 2.75) is 18.9 Å². The second kappa shape index (κ2) is 5.88. The number of sulfone groups is 1. The summed E-state index contributed by atoms with van der Waals surface area (Å²) in [6, 6.07) is 6.49. The van der Waals surface area contributed by atoms with Crippen LogP contribution >= 0.6 is 0 Å². The molecule has 0 aromatic heterocycles. The topological polar surface area (TPSA) is 89.3 Å². The van der Waals surface area contributed by atoms with E-state index >= 15 is 0 Å². The van der Waals surface area contributed by atoms with Crippen LogP contribution in [-0.2, 0) is 16.3 Å². The first-order valence-electron chi connectivity index (χ1n) is 6.52. The average molecular weight is 298 g/mol. The quantitative estimate of drug-likeness (QED) is 0.651. The van der Waals surface area contributed by atoms with Crippen molar-refractivity contribution < 1.29 is 13.3 Å². The van der Waals surface area contributed by atoms with Crippen molar-refractivity contribution in [3.05, 3.63) is 39.9 Å². The third kappa shape index (κ3) is 3.55.